The number of carbonyl (C=O) groups is 1. The van der Waals surface area contributed by atoms with Crippen molar-refractivity contribution in [1.29, 1.82) is 0 Å². The summed E-state index contributed by atoms with van der Waals surface area (Å²) in [7, 11) is 2.18. The van der Waals surface area contributed by atoms with E-state index < -0.39 is 0 Å². The summed E-state index contributed by atoms with van der Waals surface area (Å²) in [6, 6.07) is 6.07. The lowest BCUT2D eigenvalue weighted by Gasteiger charge is -2.35. The minimum absolute atomic E-state index is 0.0331. The summed E-state index contributed by atoms with van der Waals surface area (Å²) >= 11 is 0. The van der Waals surface area contributed by atoms with Gasteiger partial charge in [-0.25, -0.2) is 0 Å². The molecule has 0 radical (unpaired) electrons. The number of hydrogen-bond donors (Lipinski definition) is 1. The highest BCUT2D eigenvalue weighted by atomic mass is 16.5. The van der Waals surface area contributed by atoms with Gasteiger partial charge in [-0.2, -0.15) is 0 Å². The van der Waals surface area contributed by atoms with Crippen LogP contribution in [0.3, 0.4) is 0 Å². The number of benzene rings is 1. The molecule has 1 unspecified atom stereocenters. The van der Waals surface area contributed by atoms with Gasteiger partial charge in [0.1, 0.15) is 5.75 Å². The number of ether oxygens (including phenoxy) is 1. The number of hydrogen-bond acceptors (Lipinski definition) is 4. The van der Waals surface area contributed by atoms with Crippen molar-refractivity contribution in [3.63, 3.8) is 0 Å². The molecule has 1 atom stereocenters. The van der Waals surface area contributed by atoms with Crippen LogP contribution < -0.4 is 15.4 Å². The van der Waals surface area contributed by atoms with Gasteiger partial charge in [0.15, 0.2) is 6.61 Å². The van der Waals surface area contributed by atoms with Crippen molar-refractivity contribution in [2.75, 3.05) is 37.4 Å². The van der Waals surface area contributed by atoms with Crippen molar-refractivity contribution in [2.45, 2.75) is 31.7 Å². The van der Waals surface area contributed by atoms with Crippen LogP contribution >= 0.6 is 0 Å². The third kappa shape index (κ3) is 2.97. The fraction of sp³-hybridized carbons (Fsp3) is 0.562. The molecule has 1 fully saturated rings. The summed E-state index contributed by atoms with van der Waals surface area (Å²) in [6.07, 6.45) is 4.81. The van der Waals surface area contributed by atoms with Crippen molar-refractivity contribution < 1.29 is 9.53 Å². The summed E-state index contributed by atoms with van der Waals surface area (Å²) in [5.74, 6) is 0.748. The highest BCUT2D eigenvalue weighted by Gasteiger charge is 2.27. The first-order valence-corrected chi connectivity index (χ1v) is 7.68. The smallest absolute Gasteiger partial charge is 0.265 e. The van der Waals surface area contributed by atoms with E-state index in [0.717, 1.165) is 25.2 Å². The van der Waals surface area contributed by atoms with E-state index in [1.807, 2.05) is 17.0 Å². The van der Waals surface area contributed by atoms with Crippen molar-refractivity contribution in [2.24, 2.45) is 0 Å². The monoisotopic (exact) mass is 289 g/mol. The van der Waals surface area contributed by atoms with Gasteiger partial charge in [0.25, 0.3) is 5.91 Å². The second-order valence-electron chi connectivity index (χ2n) is 5.98. The molecule has 2 aliphatic heterocycles. The fourth-order valence-electron chi connectivity index (χ4n) is 3.25. The Labute approximate surface area is 125 Å². The summed E-state index contributed by atoms with van der Waals surface area (Å²) in [6.45, 7) is 2.01. The van der Waals surface area contributed by atoms with Gasteiger partial charge in [-0.05, 0) is 45.0 Å². The first-order chi connectivity index (χ1) is 10.1. The van der Waals surface area contributed by atoms with Crippen LogP contribution in [0.25, 0.3) is 0 Å². The molecule has 0 aromatic heterocycles. The lowest BCUT2D eigenvalue weighted by atomic mass is 9.99. The van der Waals surface area contributed by atoms with Crippen LogP contribution in [0.15, 0.2) is 18.2 Å². The Balaban J connectivity index is 1.71. The Bertz CT molecular complexity index is 532. The standard InChI is InChI=1S/C16H23N3O2/c1-18-8-3-2-4-13(18)7-9-19-14-6-5-12(17)10-15(14)21-11-16(19)20/h5-6,10,13H,2-4,7-9,11,17H2,1H3. The fourth-order valence-corrected chi connectivity index (χ4v) is 3.25. The van der Waals surface area contributed by atoms with E-state index in [-0.39, 0.29) is 12.5 Å². The number of nitrogen functional groups attached to an aromatic ring is 1. The molecule has 0 saturated carbocycles. The zero-order valence-corrected chi connectivity index (χ0v) is 12.5. The lowest BCUT2D eigenvalue weighted by Crippen LogP contribution is -2.43. The Morgan fingerprint density at radius 3 is 3.05 bits per heavy atom. The van der Waals surface area contributed by atoms with E-state index in [9.17, 15) is 4.79 Å². The molecule has 1 saturated heterocycles. The molecule has 1 amide bonds. The van der Waals surface area contributed by atoms with Gasteiger partial charge in [-0.3, -0.25) is 4.79 Å². The maximum absolute atomic E-state index is 12.2. The third-order valence-electron chi connectivity index (χ3n) is 4.53. The van der Waals surface area contributed by atoms with Crippen molar-refractivity contribution in [3.05, 3.63) is 18.2 Å². The van der Waals surface area contributed by atoms with Crippen LogP contribution in [0.1, 0.15) is 25.7 Å². The average molecular weight is 289 g/mol. The van der Waals surface area contributed by atoms with Crippen molar-refractivity contribution in [1.82, 2.24) is 4.90 Å². The minimum atomic E-state index is 0.0331. The molecule has 5 heteroatoms. The van der Waals surface area contributed by atoms with E-state index in [1.54, 1.807) is 6.07 Å². The Hall–Kier alpha value is -1.75. The molecule has 0 spiro atoms. The Morgan fingerprint density at radius 1 is 1.38 bits per heavy atom. The van der Waals surface area contributed by atoms with Crippen LogP contribution in [0.2, 0.25) is 0 Å². The second-order valence-corrected chi connectivity index (χ2v) is 5.98. The molecular formula is C16H23N3O2. The number of amides is 1. The molecule has 1 aromatic rings. The van der Waals surface area contributed by atoms with E-state index in [1.165, 1.54) is 19.3 Å². The zero-order valence-electron chi connectivity index (χ0n) is 12.5. The first-order valence-electron chi connectivity index (χ1n) is 7.68. The minimum Gasteiger partial charge on any atom is -0.481 e. The highest BCUT2D eigenvalue weighted by molar-refractivity contribution is 5.98. The maximum atomic E-state index is 12.2. The van der Waals surface area contributed by atoms with E-state index >= 15 is 0 Å². The van der Waals surface area contributed by atoms with Gasteiger partial charge in [0.2, 0.25) is 0 Å². The largest absolute Gasteiger partial charge is 0.481 e. The van der Waals surface area contributed by atoms with Gasteiger partial charge in [-0.1, -0.05) is 6.42 Å². The van der Waals surface area contributed by atoms with Crippen LogP contribution in [-0.2, 0) is 4.79 Å². The maximum Gasteiger partial charge on any atom is 0.265 e. The van der Waals surface area contributed by atoms with E-state index in [0.29, 0.717) is 17.5 Å². The summed E-state index contributed by atoms with van der Waals surface area (Å²) in [5, 5.41) is 0. The number of nitrogens with zero attached hydrogens (tertiary/aromatic N) is 2. The predicted octanol–water partition coefficient (Wildman–Crippen LogP) is 1.87. The number of piperidine rings is 1. The van der Waals surface area contributed by atoms with Crippen LogP contribution in [-0.4, -0.2) is 43.6 Å². The molecule has 21 heavy (non-hydrogen) atoms. The topological polar surface area (TPSA) is 58.8 Å². The molecule has 2 heterocycles. The lowest BCUT2D eigenvalue weighted by molar-refractivity contribution is -0.121. The summed E-state index contributed by atoms with van der Waals surface area (Å²) in [5.41, 5.74) is 7.29. The van der Waals surface area contributed by atoms with Crippen LogP contribution in [0, 0.1) is 0 Å². The second kappa shape index (κ2) is 5.93. The first kappa shape index (κ1) is 14.2. The Morgan fingerprint density at radius 2 is 2.24 bits per heavy atom. The van der Waals surface area contributed by atoms with Gasteiger partial charge < -0.3 is 20.3 Å². The number of nitrogens with two attached hydrogens (primary N) is 1. The van der Waals surface area contributed by atoms with Gasteiger partial charge in [0, 0.05) is 24.3 Å². The number of fused-ring (bicyclic) bond motifs is 1. The zero-order chi connectivity index (χ0) is 14.8. The third-order valence-corrected chi connectivity index (χ3v) is 4.53. The molecule has 2 N–H and O–H groups in total. The SMILES string of the molecule is CN1CCCCC1CCN1C(=O)COc2cc(N)ccc21. The van der Waals surface area contributed by atoms with Crippen molar-refractivity contribution in [3.8, 4) is 5.75 Å². The molecule has 2 aliphatic rings. The number of anilines is 2. The highest BCUT2D eigenvalue weighted by Crippen LogP contribution is 2.34. The predicted molar refractivity (Wildman–Crippen MR) is 83.6 cm³/mol. The van der Waals surface area contributed by atoms with Crippen LogP contribution in [0.5, 0.6) is 5.75 Å². The molecule has 0 aliphatic carbocycles. The summed E-state index contributed by atoms with van der Waals surface area (Å²) in [4.78, 5) is 16.4. The number of carbonyl (C=O) groups excluding carboxylic acids is 1. The average Bonchev–Trinajstić information content (AvgIpc) is 2.48. The normalized spacial score (nSPS) is 22.8. The quantitative estimate of drug-likeness (QED) is 0.863. The molecule has 0 bridgehead atoms. The van der Waals surface area contributed by atoms with Gasteiger partial charge >= 0.3 is 0 Å². The molecule has 3 rings (SSSR count). The summed E-state index contributed by atoms with van der Waals surface area (Å²) < 4.78 is 5.48. The molecule has 5 nitrogen and oxygen atoms in total. The molecule has 114 valence electrons. The number of likely N-dealkylation sites (tertiary alicyclic amines) is 1. The van der Waals surface area contributed by atoms with Crippen LogP contribution in [0.4, 0.5) is 11.4 Å². The van der Waals surface area contributed by atoms with E-state index in [4.69, 9.17) is 10.5 Å². The Kier molecular flexibility index (Phi) is 4.01. The van der Waals surface area contributed by atoms with Gasteiger partial charge in [-0.15, -0.1) is 0 Å². The van der Waals surface area contributed by atoms with E-state index in [2.05, 4.69) is 11.9 Å². The molecule has 1 aromatic carbocycles. The molecular weight excluding hydrogens is 266 g/mol. The van der Waals surface area contributed by atoms with Gasteiger partial charge in [0.05, 0.1) is 5.69 Å². The van der Waals surface area contributed by atoms with Crippen molar-refractivity contribution >= 4 is 17.3 Å². The number of rotatable bonds is 3.